The second-order valence-corrected chi connectivity index (χ2v) is 5.79. The minimum absolute atomic E-state index is 0.0148. The molecule has 1 aliphatic heterocycles. The summed E-state index contributed by atoms with van der Waals surface area (Å²) in [7, 11) is 0. The zero-order chi connectivity index (χ0) is 15.5. The van der Waals surface area contributed by atoms with Crippen LogP contribution in [0, 0.1) is 0 Å². The molecule has 1 aromatic carbocycles. The molecule has 0 saturated carbocycles. The molecule has 5 nitrogen and oxygen atoms in total. The van der Waals surface area contributed by atoms with Crippen molar-refractivity contribution in [3.63, 3.8) is 0 Å². The van der Waals surface area contributed by atoms with Crippen molar-refractivity contribution in [3.05, 3.63) is 48.3 Å². The third-order valence-electron chi connectivity index (χ3n) is 4.11. The van der Waals surface area contributed by atoms with Gasteiger partial charge in [0.2, 0.25) is 0 Å². The van der Waals surface area contributed by atoms with Gasteiger partial charge >= 0.3 is 0 Å². The van der Waals surface area contributed by atoms with Crippen molar-refractivity contribution >= 4 is 5.91 Å². The zero-order valence-corrected chi connectivity index (χ0v) is 12.6. The Bertz CT molecular complexity index is 641. The maximum Gasteiger partial charge on any atom is 0.257 e. The van der Waals surface area contributed by atoms with Crippen molar-refractivity contribution in [3.8, 4) is 11.4 Å². The van der Waals surface area contributed by atoms with Crippen LogP contribution in [0.15, 0.2) is 42.7 Å². The predicted molar refractivity (Wildman–Crippen MR) is 85.2 cm³/mol. The second-order valence-electron chi connectivity index (χ2n) is 5.79. The first kappa shape index (κ1) is 14.7. The molecule has 0 aliphatic carbocycles. The Morgan fingerprint density at radius 3 is 2.55 bits per heavy atom. The first-order valence-corrected chi connectivity index (χ1v) is 7.59. The van der Waals surface area contributed by atoms with E-state index in [0.29, 0.717) is 17.9 Å². The number of amides is 1. The van der Waals surface area contributed by atoms with Crippen molar-refractivity contribution in [2.45, 2.75) is 31.8 Å². The molecule has 2 atom stereocenters. The van der Waals surface area contributed by atoms with Gasteiger partial charge in [-0.05, 0) is 19.8 Å². The van der Waals surface area contributed by atoms with Gasteiger partial charge in [0, 0.05) is 36.6 Å². The number of hydrogen-bond acceptors (Lipinski definition) is 4. The fourth-order valence-electron chi connectivity index (χ4n) is 2.85. The lowest BCUT2D eigenvalue weighted by Crippen LogP contribution is -2.48. The van der Waals surface area contributed by atoms with Crippen LogP contribution in [0.4, 0.5) is 0 Å². The Balaban J connectivity index is 1.77. The van der Waals surface area contributed by atoms with E-state index in [1.165, 1.54) is 0 Å². The molecule has 2 aromatic rings. The predicted octanol–water partition coefficient (Wildman–Crippen LogP) is 2.10. The summed E-state index contributed by atoms with van der Waals surface area (Å²) in [6.45, 7) is 2.73. The number of aromatic nitrogens is 2. The quantitative estimate of drug-likeness (QED) is 0.921. The second kappa shape index (κ2) is 6.23. The van der Waals surface area contributed by atoms with Crippen LogP contribution in [0.3, 0.4) is 0 Å². The van der Waals surface area contributed by atoms with Crippen LogP contribution in [-0.2, 0) is 0 Å². The van der Waals surface area contributed by atoms with Gasteiger partial charge < -0.3 is 10.6 Å². The molecule has 2 N–H and O–H groups in total. The van der Waals surface area contributed by atoms with Crippen molar-refractivity contribution < 1.29 is 4.79 Å². The van der Waals surface area contributed by atoms with E-state index >= 15 is 0 Å². The summed E-state index contributed by atoms with van der Waals surface area (Å²) >= 11 is 0. The molecule has 1 aromatic heterocycles. The van der Waals surface area contributed by atoms with Crippen LogP contribution in [0.5, 0.6) is 0 Å². The topological polar surface area (TPSA) is 72.1 Å². The molecule has 1 saturated heterocycles. The summed E-state index contributed by atoms with van der Waals surface area (Å²) in [5.41, 5.74) is 7.42. The van der Waals surface area contributed by atoms with Gasteiger partial charge in [0.25, 0.3) is 5.91 Å². The summed E-state index contributed by atoms with van der Waals surface area (Å²) in [6, 6.07) is 10.1. The average molecular weight is 296 g/mol. The molecule has 0 bridgehead atoms. The first-order valence-electron chi connectivity index (χ1n) is 7.59. The summed E-state index contributed by atoms with van der Waals surface area (Å²) in [5, 5.41) is 0. The molecule has 1 amide bonds. The monoisotopic (exact) mass is 296 g/mol. The van der Waals surface area contributed by atoms with Crippen molar-refractivity contribution in [1.82, 2.24) is 14.9 Å². The van der Waals surface area contributed by atoms with Gasteiger partial charge in [0.05, 0.1) is 5.56 Å². The highest BCUT2D eigenvalue weighted by molar-refractivity contribution is 5.94. The van der Waals surface area contributed by atoms with Crippen LogP contribution >= 0.6 is 0 Å². The molecule has 0 unspecified atom stereocenters. The Morgan fingerprint density at radius 1 is 1.23 bits per heavy atom. The third kappa shape index (κ3) is 2.99. The lowest BCUT2D eigenvalue weighted by atomic mass is 9.98. The summed E-state index contributed by atoms with van der Waals surface area (Å²) in [4.78, 5) is 23.1. The molecule has 1 aliphatic rings. The molecule has 5 heteroatoms. The van der Waals surface area contributed by atoms with Crippen LogP contribution in [0.2, 0.25) is 0 Å². The molecule has 22 heavy (non-hydrogen) atoms. The van der Waals surface area contributed by atoms with E-state index in [4.69, 9.17) is 5.73 Å². The number of nitrogens with two attached hydrogens (primary N) is 1. The maximum atomic E-state index is 12.6. The maximum absolute atomic E-state index is 12.6. The number of nitrogens with zero attached hydrogens (tertiary/aromatic N) is 3. The normalized spacial score (nSPS) is 21.6. The van der Waals surface area contributed by atoms with E-state index in [9.17, 15) is 4.79 Å². The lowest BCUT2D eigenvalue weighted by molar-refractivity contribution is 0.0618. The minimum Gasteiger partial charge on any atom is -0.336 e. The Kier molecular flexibility index (Phi) is 4.15. The zero-order valence-electron chi connectivity index (χ0n) is 12.6. The number of benzene rings is 1. The van der Waals surface area contributed by atoms with E-state index < -0.39 is 0 Å². The van der Waals surface area contributed by atoms with Crippen molar-refractivity contribution in [2.75, 3.05) is 6.54 Å². The van der Waals surface area contributed by atoms with Gasteiger partial charge in [0.15, 0.2) is 5.82 Å². The van der Waals surface area contributed by atoms with Gasteiger partial charge in [-0.15, -0.1) is 0 Å². The van der Waals surface area contributed by atoms with Crippen LogP contribution in [0.25, 0.3) is 11.4 Å². The Labute approximate surface area is 130 Å². The van der Waals surface area contributed by atoms with E-state index in [1.54, 1.807) is 12.4 Å². The standard InChI is InChI=1S/C17H20N4O/c1-12-9-15(18)7-8-21(12)17(22)14-10-19-16(20-11-14)13-5-3-2-4-6-13/h2-6,10-12,15H,7-9,18H2,1H3/t12-,15+/m1/s1. The molecule has 0 spiro atoms. The first-order chi connectivity index (χ1) is 10.6. The van der Waals surface area contributed by atoms with Crippen molar-refractivity contribution in [2.24, 2.45) is 5.73 Å². The van der Waals surface area contributed by atoms with E-state index in [-0.39, 0.29) is 18.0 Å². The van der Waals surface area contributed by atoms with Crippen LogP contribution in [-0.4, -0.2) is 39.4 Å². The van der Waals surface area contributed by atoms with Gasteiger partial charge in [-0.1, -0.05) is 30.3 Å². The van der Waals surface area contributed by atoms with E-state index in [0.717, 1.165) is 18.4 Å². The van der Waals surface area contributed by atoms with Gasteiger partial charge in [-0.3, -0.25) is 4.79 Å². The number of carbonyl (C=O) groups is 1. The van der Waals surface area contributed by atoms with Gasteiger partial charge in [-0.2, -0.15) is 0 Å². The molecule has 1 fully saturated rings. The highest BCUT2D eigenvalue weighted by Gasteiger charge is 2.28. The van der Waals surface area contributed by atoms with Gasteiger partial charge in [0.1, 0.15) is 0 Å². The number of likely N-dealkylation sites (tertiary alicyclic amines) is 1. The van der Waals surface area contributed by atoms with E-state index in [1.807, 2.05) is 42.2 Å². The fraction of sp³-hybridized carbons (Fsp3) is 0.353. The average Bonchev–Trinajstić information content (AvgIpc) is 2.55. The Morgan fingerprint density at radius 2 is 1.91 bits per heavy atom. The fourth-order valence-corrected chi connectivity index (χ4v) is 2.85. The Hall–Kier alpha value is -2.27. The summed E-state index contributed by atoms with van der Waals surface area (Å²) < 4.78 is 0. The SMILES string of the molecule is C[C@@H]1C[C@@H](N)CCN1C(=O)c1cnc(-c2ccccc2)nc1. The molecule has 114 valence electrons. The smallest absolute Gasteiger partial charge is 0.257 e. The molecular weight excluding hydrogens is 276 g/mol. The number of rotatable bonds is 2. The number of piperidine rings is 1. The largest absolute Gasteiger partial charge is 0.336 e. The third-order valence-corrected chi connectivity index (χ3v) is 4.11. The molecule has 0 radical (unpaired) electrons. The minimum atomic E-state index is -0.0148. The lowest BCUT2D eigenvalue weighted by Gasteiger charge is -2.36. The van der Waals surface area contributed by atoms with Crippen molar-refractivity contribution in [1.29, 1.82) is 0 Å². The number of hydrogen-bond donors (Lipinski definition) is 1. The van der Waals surface area contributed by atoms with Crippen LogP contribution in [0.1, 0.15) is 30.1 Å². The highest BCUT2D eigenvalue weighted by Crippen LogP contribution is 2.19. The summed E-state index contributed by atoms with van der Waals surface area (Å²) in [5.74, 6) is 0.616. The van der Waals surface area contributed by atoms with Gasteiger partial charge in [-0.25, -0.2) is 9.97 Å². The summed E-state index contributed by atoms with van der Waals surface area (Å²) in [6.07, 6.45) is 4.91. The van der Waals surface area contributed by atoms with Crippen LogP contribution < -0.4 is 5.73 Å². The molecule has 3 rings (SSSR count). The molecular formula is C17H20N4O. The molecule has 2 heterocycles. The van der Waals surface area contributed by atoms with E-state index in [2.05, 4.69) is 9.97 Å². The highest BCUT2D eigenvalue weighted by atomic mass is 16.2. The number of carbonyl (C=O) groups excluding carboxylic acids is 1.